The highest BCUT2D eigenvalue weighted by molar-refractivity contribution is 14.1. The van der Waals surface area contributed by atoms with Gasteiger partial charge in [0.15, 0.2) is 0 Å². The molecule has 0 unspecified atom stereocenters. The molecule has 3 nitrogen and oxygen atoms in total. The summed E-state index contributed by atoms with van der Waals surface area (Å²) < 4.78 is 13.4. The van der Waals surface area contributed by atoms with E-state index in [9.17, 15) is 9.18 Å². The number of hydrogen-bond acceptors (Lipinski definition) is 1. The van der Waals surface area contributed by atoms with Crippen LogP contribution in [0.1, 0.15) is 6.92 Å². The van der Waals surface area contributed by atoms with E-state index in [0.717, 1.165) is 0 Å². The van der Waals surface area contributed by atoms with Crippen LogP contribution in [0.15, 0.2) is 18.2 Å². The van der Waals surface area contributed by atoms with Crippen LogP contribution in [0, 0.1) is 9.39 Å². The first-order chi connectivity index (χ1) is 6.63. The van der Waals surface area contributed by atoms with Crippen molar-refractivity contribution in [3.63, 3.8) is 0 Å². The molecule has 0 heterocycles. The zero-order chi connectivity index (χ0) is 10.6. The normalized spacial score (nSPS) is 9.64. The quantitative estimate of drug-likeness (QED) is 0.810. The first-order valence-electron chi connectivity index (χ1n) is 4.13. The van der Waals surface area contributed by atoms with Crippen LogP contribution in [0.2, 0.25) is 0 Å². The highest BCUT2D eigenvalue weighted by atomic mass is 127. The smallest absolute Gasteiger partial charge is 0.319 e. The number of benzene rings is 1. The van der Waals surface area contributed by atoms with E-state index in [1.54, 1.807) is 0 Å². The summed E-state index contributed by atoms with van der Waals surface area (Å²) in [5.41, 5.74) is 0.609. The van der Waals surface area contributed by atoms with Gasteiger partial charge in [-0.1, -0.05) is 0 Å². The second-order valence-corrected chi connectivity index (χ2v) is 3.77. The molecule has 0 saturated carbocycles. The lowest BCUT2D eigenvalue weighted by Crippen LogP contribution is -2.28. The molecule has 14 heavy (non-hydrogen) atoms. The van der Waals surface area contributed by atoms with Crippen LogP contribution >= 0.6 is 22.6 Å². The minimum absolute atomic E-state index is 0.281. The molecule has 0 aliphatic heterocycles. The van der Waals surface area contributed by atoms with E-state index in [-0.39, 0.29) is 11.8 Å². The number of carbonyl (C=O) groups is 1. The summed E-state index contributed by atoms with van der Waals surface area (Å²) in [5.74, 6) is -0.309. The third kappa shape index (κ3) is 3.13. The number of anilines is 1. The van der Waals surface area contributed by atoms with Crippen LogP contribution in [-0.4, -0.2) is 12.6 Å². The standard InChI is InChI=1S/C9H10FIN2O/c1-2-12-9(14)13-8-4-3-6(10)5-7(8)11/h3-5H,2H2,1H3,(H2,12,13,14). The molecule has 0 aliphatic rings. The first-order valence-corrected chi connectivity index (χ1v) is 5.21. The molecular formula is C9H10FIN2O. The molecule has 1 rings (SSSR count). The van der Waals surface area contributed by atoms with Crippen molar-refractivity contribution in [2.45, 2.75) is 6.92 Å². The molecule has 76 valence electrons. The zero-order valence-electron chi connectivity index (χ0n) is 7.60. The molecule has 0 saturated heterocycles. The van der Waals surface area contributed by atoms with Gasteiger partial charge in [-0.05, 0) is 47.7 Å². The largest absolute Gasteiger partial charge is 0.338 e. The summed E-state index contributed by atoms with van der Waals surface area (Å²) in [7, 11) is 0. The summed E-state index contributed by atoms with van der Waals surface area (Å²) in [6.07, 6.45) is 0. The fourth-order valence-electron chi connectivity index (χ4n) is 0.918. The van der Waals surface area contributed by atoms with Crippen LogP contribution in [0.4, 0.5) is 14.9 Å². The third-order valence-corrected chi connectivity index (χ3v) is 2.41. The van der Waals surface area contributed by atoms with Gasteiger partial charge in [-0.25, -0.2) is 9.18 Å². The minimum atomic E-state index is -0.309. The summed E-state index contributed by atoms with van der Waals surface area (Å²) in [6, 6.07) is 3.93. The predicted molar refractivity (Wildman–Crippen MR) is 61.8 cm³/mol. The Labute approximate surface area is 95.2 Å². The fraction of sp³-hybridized carbons (Fsp3) is 0.222. The molecule has 0 bridgehead atoms. The summed E-state index contributed by atoms with van der Waals surface area (Å²) in [5, 5.41) is 5.20. The van der Waals surface area contributed by atoms with Gasteiger partial charge in [0.1, 0.15) is 5.82 Å². The number of rotatable bonds is 2. The third-order valence-electron chi connectivity index (χ3n) is 1.52. The van der Waals surface area contributed by atoms with Crippen molar-refractivity contribution in [2.75, 3.05) is 11.9 Å². The fourth-order valence-corrected chi connectivity index (χ4v) is 1.53. The lowest BCUT2D eigenvalue weighted by Gasteiger charge is -2.07. The molecule has 0 atom stereocenters. The maximum Gasteiger partial charge on any atom is 0.319 e. The lowest BCUT2D eigenvalue weighted by atomic mass is 10.3. The maximum absolute atomic E-state index is 12.7. The van der Waals surface area contributed by atoms with Crippen molar-refractivity contribution >= 4 is 34.3 Å². The minimum Gasteiger partial charge on any atom is -0.338 e. The molecule has 5 heteroatoms. The van der Waals surface area contributed by atoms with Crippen molar-refractivity contribution < 1.29 is 9.18 Å². The molecule has 0 aliphatic carbocycles. The average molecular weight is 308 g/mol. The second-order valence-electron chi connectivity index (χ2n) is 2.61. The van der Waals surface area contributed by atoms with Crippen LogP contribution in [-0.2, 0) is 0 Å². The van der Waals surface area contributed by atoms with E-state index in [1.807, 2.05) is 29.5 Å². The van der Waals surface area contributed by atoms with Gasteiger partial charge in [0, 0.05) is 10.1 Å². The Balaban J connectivity index is 2.72. The predicted octanol–water partition coefficient (Wildman–Crippen LogP) is 2.57. The Bertz CT molecular complexity index is 344. The number of urea groups is 1. The summed E-state index contributed by atoms with van der Waals surface area (Å²) in [6.45, 7) is 2.39. The van der Waals surface area contributed by atoms with Gasteiger partial charge in [-0.2, -0.15) is 0 Å². The molecular weight excluding hydrogens is 298 g/mol. The highest BCUT2D eigenvalue weighted by Gasteiger charge is 2.04. The lowest BCUT2D eigenvalue weighted by molar-refractivity contribution is 0.252. The molecule has 1 aromatic carbocycles. The van der Waals surface area contributed by atoms with Gasteiger partial charge in [0.2, 0.25) is 0 Å². The first kappa shape index (κ1) is 11.2. The van der Waals surface area contributed by atoms with Crippen molar-refractivity contribution in [2.24, 2.45) is 0 Å². The van der Waals surface area contributed by atoms with Crippen LogP contribution < -0.4 is 10.6 Å². The zero-order valence-corrected chi connectivity index (χ0v) is 9.76. The van der Waals surface area contributed by atoms with E-state index in [1.165, 1.54) is 18.2 Å². The maximum atomic E-state index is 12.7. The Kier molecular flexibility index (Phi) is 4.12. The topological polar surface area (TPSA) is 41.1 Å². The Morgan fingerprint density at radius 2 is 2.29 bits per heavy atom. The van der Waals surface area contributed by atoms with Crippen LogP contribution in [0.3, 0.4) is 0 Å². The van der Waals surface area contributed by atoms with E-state index >= 15 is 0 Å². The SMILES string of the molecule is CCNC(=O)Nc1ccc(F)cc1I. The van der Waals surface area contributed by atoms with E-state index < -0.39 is 0 Å². The van der Waals surface area contributed by atoms with Crippen LogP contribution in [0.25, 0.3) is 0 Å². The van der Waals surface area contributed by atoms with Crippen molar-refractivity contribution in [3.05, 3.63) is 27.6 Å². The number of carbonyl (C=O) groups excluding carboxylic acids is 1. The summed E-state index contributed by atoms with van der Waals surface area (Å²) in [4.78, 5) is 11.1. The Morgan fingerprint density at radius 3 is 2.86 bits per heavy atom. The molecule has 0 radical (unpaired) electrons. The van der Waals surface area contributed by atoms with Gasteiger partial charge < -0.3 is 10.6 Å². The second kappa shape index (κ2) is 5.14. The number of nitrogens with one attached hydrogen (secondary N) is 2. The van der Waals surface area contributed by atoms with Gasteiger partial charge >= 0.3 is 6.03 Å². The van der Waals surface area contributed by atoms with Gasteiger partial charge in [0.25, 0.3) is 0 Å². The van der Waals surface area contributed by atoms with Gasteiger partial charge in [-0.3, -0.25) is 0 Å². The van der Waals surface area contributed by atoms with Crippen molar-refractivity contribution in [3.8, 4) is 0 Å². The number of halogens is 2. The van der Waals surface area contributed by atoms with E-state index in [4.69, 9.17) is 0 Å². The molecule has 0 spiro atoms. The molecule has 0 aromatic heterocycles. The monoisotopic (exact) mass is 308 g/mol. The van der Waals surface area contributed by atoms with Crippen molar-refractivity contribution in [1.82, 2.24) is 5.32 Å². The molecule has 0 fully saturated rings. The Hall–Kier alpha value is -0.850. The van der Waals surface area contributed by atoms with Crippen molar-refractivity contribution in [1.29, 1.82) is 0 Å². The molecule has 2 N–H and O–H groups in total. The highest BCUT2D eigenvalue weighted by Crippen LogP contribution is 2.18. The van der Waals surface area contributed by atoms with Gasteiger partial charge in [-0.15, -0.1) is 0 Å². The average Bonchev–Trinajstić information content (AvgIpc) is 2.10. The summed E-state index contributed by atoms with van der Waals surface area (Å²) >= 11 is 1.97. The number of amides is 2. The Morgan fingerprint density at radius 1 is 1.57 bits per heavy atom. The number of hydrogen-bond donors (Lipinski definition) is 2. The van der Waals surface area contributed by atoms with Crippen LogP contribution in [0.5, 0.6) is 0 Å². The molecule has 1 aromatic rings. The van der Waals surface area contributed by atoms with E-state index in [0.29, 0.717) is 15.8 Å². The van der Waals surface area contributed by atoms with Gasteiger partial charge in [0.05, 0.1) is 5.69 Å². The molecule has 2 amide bonds. The van der Waals surface area contributed by atoms with E-state index in [2.05, 4.69) is 10.6 Å².